The molecular weight excluding hydrogens is 222 g/mol. The largest absolute Gasteiger partial charge is 0.358 e. The highest BCUT2D eigenvalue weighted by atomic mass is 16.1. The number of H-pyrrole nitrogens is 1. The van der Waals surface area contributed by atoms with Gasteiger partial charge in [-0.05, 0) is 36.0 Å². The molecule has 2 heteroatoms. The first-order chi connectivity index (χ1) is 8.47. The summed E-state index contributed by atoms with van der Waals surface area (Å²) in [6.07, 6.45) is 2.67. The molecule has 1 aromatic carbocycles. The predicted molar refractivity (Wildman–Crippen MR) is 74.3 cm³/mol. The fraction of sp³-hybridized carbons (Fsp3) is 0.438. The van der Waals surface area contributed by atoms with Crippen molar-refractivity contribution in [3.63, 3.8) is 0 Å². The van der Waals surface area contributed by atoms with Crippen LogP contribution in [0.25, 0.3) is 10.9 Å². The van der Waals surface area contributed by atoms with Crippen molar-refractivity contribution >= 4 is 16.7 Å². The normalized spacial score (nSPS) is 16.1. The van der Waals surface area contributed by atoms with Gasteiger partial charge < -0.3 is 4.98 Å². The van der Waals surface area contributed by atoms with Crippen LogP contribution in [0, 0.1) is 0 Å². The SMILES string of the molecule is CC(C)(C)c1ccc2[nH]c3c(c2c1)C(=O)CCC3. The van der Waals surface area contributed by atoms with Crippen LogP contribution in [0.2, 0.25) is 0 Å². The summed E-state index contributed by atoms with van der Waals surface area (Å²) in [4.78, 5) is 15.5. The van der Waals surface area contributed by atoms with Gasteiger partial charge in [0.15, 0.2) is 5.78 Å². The summed E-state index contributed by atoms with van der Waals surface area (Å²) < 4.78 is 0. The van der Waals surface area contributed by atoms with E-state index in [1.54, 1.807) is 0 Å². The van der Waals surface area contributed by atoms with Gasteiger partial charge in [0.1, 0.15) is 0 Å². The van der Waals surface area contributed by atoms with E-state index >= 15 is 0 Å². The molecule has 1 heterocycles. The molecule has 2 nitrogen and oxygen atoms in total. The quantitative estimate of drug-likeness (QED) is 0.743. The molecule has 0 bridgehead atoms. The van der Waals surface area contributed by atoms with Crippen LogP contribution in [-0.2, 0) is 11.8 Å². The van der Waals surface area contributed by atoms with Crippen molar-refractivity contribution in [2.75, 3.05) is 0 Å². The summed E-state index contributed by atoms with van der Waals surface area (Å²) in [5, 5.41) is 1.11. The Kier molecular flexibility index (Phi) is 2.37. The number of carbonyl (C=O) groups excluding carboxylic acids is 1. The lowest BCUT2D eigenvalue weighted by molar-refractivity contribution is 0.0974. The van der Waals surface area contributed by atoms with Crippen molar-refractivity contribution in [2.45, 2.75) is 45.4 Å². The monoisotopic (exact) mass is 241 g/mol. The molecular formula is C16H19NO. The number of nitrogens with one attached hydrogen (secondary N) is 1. The van der Waals surface area contributed by atoms with Crippen LogP contribution < -0.4 is 0 Å². The van der Waals surface area contributed by atoms with Crippen LogP contribution in [0.1, 0.15) is 55.2 Å². The van der Waals surface area contributed by atoms with Crippen molar-refractivity contribution < 1.29 is 4.79 Å². The summed E-state index contributed by atoms with van der Waals surface area (Å²) in [5.41, 5.74) is 4.59. The van der Waals surface area contributed by atoms with Crippen molar-refractivity contribution in [3.05, 3.63) is 35.0 Å². The average Bonchev–Trinajstić information content (AvgIpc) is 2.66. The van der Waals surface area contributed by atoms with E-state index in [1.807, 2.05) is 0 Å². The zero-order valence-corrected chi connectivity index (χ0v) is 11.3. The molecule has 1 N–H and O–H groups in total. The molecule has 0 unspecified atom stereocenters. The third-order valence-corrected chi connectivity index (χ3v) is 3.85. The summed E-state index contributed by atoms with van der Waals surface area (Å²) in [7, 11) is 0. The first-order valence-electron chi connectivity index (χ1n) is 6.65. The molecule has 1 aliphatic carbocycles. The molecule has 18 heavy (non-hydrogen) atoms. The maximum Gasteiger partial charge on any atom is 0.165 e. The van der Waals surface area contributed by atoms with Crippen molar-refractivity contribution in [3.8, 4) is 0 Å². The summed E-state index contributed by atoms with van der Waals surface area (Å²) in [6, 6.07) is 6.46. The molecule has 3 rings (SSSR count). The smallest absolute Gasteiger partial charge is 0.165 e. The molecule has 1 aromatic heterocycles. The highest BCUT2D eigenvalue weighted by Gasteiger charge is 2.23. The van der Waals surface area contributed by atoms with Gasteiger partial charge in [-0.15, -0.1) is 0 Å². The summed E-state index contributed by atoms with van der Waals surface area (Å²) in [5.74, 6) is 0.300. The molecule has 0 radical (unpaired) electrons. The fourth-order valence-corrected chi connectivity index (χ4v) is 2.77. The topological polar surface area (TPSA) is 32.9 Å². The Bertz CT molecular complexity index is 628. The van der Waals surface area contributed by atoms with Crippen LogP contribution in [0.4, 0.5) is 0 Å². The minimum atomic E-state index is 0.121. The maximum atomic E-state index is 12.1. The molecule has 94 valence electrons. The molecule has 0 spiro atoms. The Hall–Kier alpha value is -1.57. The standard InChI is InChI=1S/C16H19NO/c1-16(2,3)10-7-8-12-11(9-10)15-13(17-12)5-4-6-14(15)18/h7-9,17H,4-6H2,1-3H3. The van der Waals surface area contributed by atoms with Gasteiger partial charge >= 0.3 is 0 Å². The fourth-order valence-electron chi connectivity index (χ4n) is 2.77. The number of fused-ring (bicyclic) bond motifs is 3. The van der Waals surface area contributed by atoms with E-state index in [1.165, 1.54) is 5.56 Å². The second kappa shape index (κ2) is 3.71. The lowest BCUT2D eigenvalue weighted by Gasteiger charge is -2.19. The predicted octanol–water partition coefficient (Wildman–Crippen LogP) is 3.98. The van der Waals surface area contributed by atoms with Crippen LogP contribution in [0.3, 0.4) is 0 Å². The van der Waals surface area contributed by atoms with Crippen molar-refractivity contribution in [2.24, 2.45) is 0 Å². The van der Waals surface area contributed by atoms with E-state index in [9.17, 15) is 4.79 Å². The molecule has 1 aliphatic rings. The number of benzene rings is 1. The first-order valence-corrected chi connectivity index (χ1v) is 6.65. The molecule has 0 saturated heterocycles. The minimum absolute atomic E-state index is 0.121. The van der Waals surface area contributed by atoms with Crippen LogP contribution in [0.5, 0.6) is 0 Å². The second-order valence-corrected chi connectivity index (χ2v) is 6.27. The first kappa shape index (κ1) is 11.5. The number of aryl methyl sites for hydroxylation is 1. The number of aromatic amines is 1. The Morgan fingerprint density at radius 1 is 1.17 bits per heavy atom. The van der Waals surface area contributed by atoms with Gasteiger partial charge in [-0.1, -0.05) is 26.8 Å². The minimum Gasteiger partial charge on any atom is -0.358 e. The van der Waals surface area contributed by atoms with E-state index in [-0.39, 0.29) is 5.41 Å². The Labute approximate surface area is 107 Å². The summed E-state index contributed by atoms with van der Waals surface area (Å²) >= 11 is 0. The van der Waals surface area contributed by atoms with Gasteiger partial charge in [0, 0.05) is 28.6 Å². The zero-order chi connectivity index (χ0) is 12.9. The van der Waals surface area contributed by atoms with Crippen LogP contribution in [-0.4, -0.2) is 10.8 Å². The van der Waals surface area contributed by atoms with E-state index in [4.69, 9.17) is 0 Å². The average molecular weight is 241 g/mol. The van der Waals surface area contributed by atoms with E-state index in [0.29, 0.717) is 12.2 Å². The van der Waals surface area contributed by atoms with Crippen LogP contribution in [0.15, 0.2) is 18.2 Å². The molecule has 2 aromatic rings. The van der Waals surface area contributed by atoms with Gasteiger partial charge in [0.2, 0.25) is 0 Å². The number of hydrogen-bond donors (Lipinski definition) is 1. The molecule has 0 saturated carbocycles. The van der Waals surface area contributed by atoms with E-state index in [2.05, 4.69) is 44.0 Å². The highest BCUT2D eigenvalue weighted by Crippen LogP contribution is 2.32. The second-order valence-electron chi connectivity index (χ2n) is 6.27. The van der Waals surface area contributed by atoms with Crippen molar-refractivity contribution in [1.82, 2.24) is 4.98 Å². The lowest BCUT2D eigenvalue weighted by Crippen LogP contribution is -2.11. The molecule has 0 atom stereocenters. The maximum absolute atomic E-state index is 12.1. The van der Waals surface area contributed by atoms with Gasteiger partial charge in [0.25, 0.3) is 0 Å². The van der Waals surface area contributed by atoms with Crippen LogP contribution >= 0.6 is 0 Å². The Morgan fingerprint density at radius 3 is 2.67 bits per heavy atom. The number of aromatic nitrogens is 1. The van der Waals surface area contributed by atoms with Gasteiger partial charge in [-0.25, -0.2) is 0 Å². The number of hydrogen-bond acceptors (Lipinski definition) is 1. The molecule has 0 amide bonds. The Morgan fingerprint density at radius 2 is 1.94 bits per heavy atom. The molecule has 0 aliphatic heterocycles. The van der Waals surface area contributed by atoms with Gasteiger partial charge in [0.05, 0.1) is 0 Å². The van der Waals surface area contributed by atoms with Gasteiger partial charge in [-0.2, -0.15) is 0 Å². The highest BCUT2D eigenvalue weighted by molar-refractivity contribution is 6.10. The summed E-state index contributed by atoms with van der Waals surface area (Å²) in [6.45, 7) is 6.61. The Balaban J connectivity index is 2.27. The third kappa shape index (κ3) is 1.67. The lowest BCUT2D eigenvalue weighted by atomic mass is 9.85. The third-order valence-electron chi connectivity index (χ3n) is 3.85. The van der Waals surface area contributed by atoms with E-state index < -0.39 is 0 Å². The number of ketones is 1. The number of Topliss-reactive ketones (excluding diaryl/α,β-unsaturated/α-hetero) is 1. The zero-order valence-electron chi connectivity index (χ0n) is 11.3. The number of carbonyl (C=O) groups is 1. The molecule has 0 fully saturated rings. The number of rotatable bonds is 0. The van der Waals surface area contributed by atoms with Gasteiger partial charge in [-0.3, -0.25) is 4.79 Å². The van der Waals surface area contributed by atoms with E-state index in [0.717, 1.165) is 35.0 Å². The van der Waals surface area contributed by atoms with Crippen molar-refractivity contribution in [1.29, 1.82) is 0 Å².